The Morgan fingerprint density at radius 3 is 1.65 bits per heavy atom. The Bertz CT molecular complexity index is 2490. The van der Waals surface area contributed by atoms with E-state index in [1.165, 1.54) is 49.7 Å². The molecule has 232 valence electrons. The summed E-state index contributed by atoms with van der Waals surface area (Å²) < 4.78 is 0. The molecule has 0 amide bonds. The maximum atomic E-state index is 5.27. The zero-order chi connectivity index (χ0) is 33.0. The molecule has 0 atom stereocenters. The number of hydrogen-bond acceptors (Lipinski definition) is 2. The van der Waals surface area contributed by atoms with E-state index in [-0.39, 0.29) is 5.41 Å². The molecule has 0 N–H and O–H groups in total. The van der Waals surface area contributed by atoms with Crippen molar-refractivity contribution in [2.75, 3.05) is 0 Å². The second-order valence-corrected chi connectivity index (χ2v) is 13.5. The molecule has 1 heterocycles. The average molecular weight is 627 g/mol. The Hall–Kier alpha value is -6.12. The molecule has 0 saturated heterocycles. The first-order valence-corrected chi connectivity index (χ1v) is 16.9. The minimum atomic E-state index is -0.132. The fourth-order valence-corrected chi connectivity index (χ4v) is 7.48. The normalized spacial score (nSPS) is 12.9. The van der Waals surface area contributed by atoms with Crippen LogP contribution in [0.3, 0.4) is 0 Å². The van der Waals surface area contributed by atoms with Crippen LogP contribution in [-0.4, -0.2) is 9.97 Å². The molecule has 2 heteroatoms. The summed E-state index contributed by atoms with van der Waals surface area (Å²) in [5.41, 5.74) is 14.9. The first kappa shape index (κ1) is 29.1. The predicted molar refractivity (Wildman–Crippen MR) is 204 cm³/mol. The smallest absolute Gasteiger partial charge is 0.160 e. The minimum Gasteiger partial charge on any atom is -0.228 e. The van der Waals surface area contributed by atoms with Gasteiger partial charge in [-0.25, -0.2) is 9.97 Å². The van der Waals surface area contributed by atoms with Crippen LogP contribution < -0.4 is 0 Å². The van der Waals surface area contributed by atoms with Gasteiger partial charge in [0.25, 0.3) is 0 Å². The first-order chi connectivity index (χ1) is 24.0. The number of nitrogens with zero attached hydrogens (tertiary/aromatic N) is 2. The second-order valence-electron chi connectivity index (χ2n) is 13.5. The van der Waals surface area contributed by atoms with Gasteiger partial charge in [0.15, 0.2) is 5.82 Å². The van der Waals surface area contributed by atoms with Gasteiger partial charge in [0.2, 0.25) is 0 Å². The third-order valence-corrected chi connectivity index (χ3v) is 10.1. The summed E-state index contributed by atoms with van der Waals surface area (Å²) in [6.45, 7) is 4.68. The Balaban J connectivity index is 1.20. The average Bonchev–Trinajstić information content (AvgIpc) is 3.39. The van der Waals surface area contributed by atoms with Crippen LogP contribution in [0.5, 0.6) is 0 Å². The molecule has 0 spiro atoms. The highest BCUT2D eigenvalue weighted by Gasteiger charge is 2.37. The molecule has 2 nitrogen and oxygen atoms in total. The molecule has 1 aromatic heterocycles. The van der Waals surface area contributed by atoms with E-state index in [0.717, 1.165) is 39.5 Å². The Labute approximate surface area is 287 Å². The molecular weight excluding hydrogens is 593 g/mol. The van der Waals surface area contributed by atoms with Crippen molar-refractivity contribution in [3.63, 3.8) is 0 Å². The van der Waals surface area contributed by atoms with Crippen molar-refractivity contribution in [2.45, 2.75) is 19.3 Å². The van der Waals surface area contributed by atoms with Gasteiger partial charge in [-0.05, 0) is 79.5 Å². The van der Waals surface area contributed by atoms with Crippen molar-refractivity contribution < 1.29 is 0 Å². The second kappa shape index (κ2) is 11.5. The van der Waals surface area contributed by atoms with Gasteiger partial charge in [0.1, 0.15) is 0 Å². The van der Waals surface area contributed by atoms with E-state index in [1.54, 1.807) is 0 Å². The van der Waals surface area contributed by atoms with Gasteiger partial charge >= 0.3 is 0 Å². The van der Waals surface area contributed by atoms with Crippen LogP contribution in [0.2, 0.25) is 0 Å². The molecule has 8 aromatic rings. The summed E-state index contributed by atoms with van der Waals surface area (Å²) in [5.74, 6) is 0.722. The van der Waals surface area contributed by atoms with E-state index in [2.05, 4.69) is 178 Å². The number of rotatable bonds is 5. The van der Waals surface area contributed by atoms with Crippen LogP contribution in [0, 0.1) is 0 Å². The van der Waals surface area contributed by atoms with Crippen LogP contribution in [-0.2, 0) is 5.41 Å². The quantitative estimate of drug-likeness (QED) is 0.190. The summed E-state index contributed by atoms with van der Waals surface area (Å²) in [5, 5.41) is 2.52. The van der Waals surface area contributed by atoms with Crippen molar-refractivity contribution >= 4 is 10.8 Å². The zero-order valence-electron chi connectivity index (χ0n) is 27.6. The summed E-state index contributed by atoms with van der Waals surface area (Å²) in [4.78, 5) is 10.5. The number of aromatic nitrogens is 2. The molecule has 0 aliphatic heterocycles. The van der Waals surface area contributed by atoms with Crippen LogP contribution in [0.25, 0.3) is 78.1 Å². The third-order valence-electron chi connectivity index (χ3n) is 10.1. The summed E-state index contributed by atoms with van der Waals surface area (Å²) >= 11 is 0. The summed E-state index contributed by atoms with van der Waals surface area (Å²) in [7, 11) is 0. The van der Waals surface area contributed by atoms with Crippen LogP contribution in [0.15, 0.2) is 170 Å². The molecular formula is C47H34N2. The molecule has 0 saturated carbocycles. The van der Waals surface area contributed by atoms with Crippen LogP contribution in [0.1, 0.15) is 25.0 Å². The summed E-state index contributed by atoms with van der Waals surface area (Å²) in [6, 6.07) is 60.6. The van der Waals surface area contributed by atoms with Gasteiger partial charge in [-0.1, -0.05) is 159 Å². The molecule has 0 unspecified atom stereocenters. The molecule has 0 bridgehead atoms. The maximum Gasteiger partial charge on any atom is 0.160 e. The molecule has 0 radical (unpaired) electrons. The lowest BCUT2D eigenvalue weighted by Gasteiger charge is -2.22. The van der Waals surface area contributed by atoms with Gasteiger partial charge in [0, 0.05) is 22.1 Å². The lowest BCUT2D eigenvalue weighted by atomic mass is 9.81. The molecule has 1 aliphatic carbocycles. The van der Waals surface area contributed by atoms with Gasteiger partial charge in [0.05, 0.1) is 11.4 Å². The Morgan fingerprint density at radius 1 is 0.367 bits per heavy atom. The van der Waals surface area contributed by atoms with Crippen LogP contribution in [0.4, 0.5) is 0 Å². The molecule has 1 aliphatic rings. The fraction of sp³-hybridized carbons (Fsp3) is 0.0638. The van der Waals surface area contributed by atoms with E-state index in [0.29, 0.717) is 0 Å². The van der Waals surface area contributed by atoms with E-state index >= 15 is 0 Å². The van der Waals surface area contributed by atoms with E-state index in [4.69, 9.17) is 9.97 Å². The van der Waals surface area contributed by atoms with Gasteiger partial charge in [-0.15, -0.1) is 0 Å². The lowest BCUT2D eigenvalue weighted by molar-refractivity contribution is 0.661. The first-order valence-electron chi connectivity index (χ1n) is 16.9. The molecule has 7 aromatic carbocycles. The summed E-state index contributed by atoms with van der Waals surface area (Å²) in [6.07, 6.45) is 0. The van der Waals surface area contributed by atoms with Crippen molar-refractivity contribution in [2.24, 2.45) is 0 Å². The standard InChI is InChI=1S/C47H34N2/c1-47(2)41-22-12-21-39(45(41)40-28-36-17-9-10-18-37(36)29-42(40)47)44-30-43(48-46(49-44)34-15-7-4-8-16-34)38-20-11-19-35(27-38)33-25-23-32(24-26-33)31-13-5-3-6-14-31/h3-30H,1-2H3. The van der Waals surface area contributed by atoms with Crippen molar-refractivity contribution in [1.29, 1.82) is 0 Å². The third kappa shape index (κ3) is 5.05. The van der Waals surface area contributed by atoms with Gasteiger partial charge < -0.3 is 0 Å². The van der Waals surface area contributed by atoms with E-state index in [1.807, 2.05) is 6.07 Å². The SMILES string of the molecule is CC1(C)c2cc3ccccc3cc2-c2c(-c3cc(-c4cccc(-c5ccc(-c6ccccc6)cc5)c4)nc(-c4ccccc4)n3)cccc21. The highest BCUT2D eigenvalue weighted by Crippen LogP contribution is 2.53. The highest BCUT2D eigenvalue weighted by atomic mass is 14.9. The molecule has 9 rings (SSSR count). The van der Waals surface area contributed by atoms with E-state index < -0.39 is 0 Å². The van der Waals surface area contributed by atoms with Crippen molar-refractivity contribution in [3.05, 3.63) is 181 Å². The monoisotopic (exact) mass is 626 g/mol. The fourth-order valence-electron chi connectivity index (χ4n) is 7.48. The molecule has 0 fully saturated rings. The van der Waals surface area contributed by atoms with Gasteiger partial charge in [-0.3, -0.25) is 0 Å². The van der Waals surface area contributed by atoms with Crippen LogP contribution >= 0.6 is 0 Å². The topological polar surface area (TPSA) is 25.8 Å². The van der Waals surface area contributed by atoms with Crippen molar-refractivity contribution in [1.82, 2.24) is 9.97 Å². The largest absolute Gasteiger partial charge is 0.228 e. The number of fused-ring (bicyclic) bond motifs is 4. The maximum absolute atomic E-state index is 5.27. The lowest BCUT2D eigenvalue weighted by Crippen LogP contribution is -2.14. The number of benzene rings is 7. The Kier molecular flexibility index (Phi) is 6.84. The molecule has 49 heavy (non-hydrogen) atoms. The predicted octanol–water partition coefficient (Wildman–Crippen LogP) is 12.3. The highest BCUT2D eigenvalue weighted by molar-refractivity contribution is 5.98. The zero-order valence-corrected chi connectivity index (χ0v) is 27.6. The van der Waals surface area contributed by atoms with E-state index in [9.17, 15) is 0 Å². The Morgan fingerprint density at radius 2 is 0.918 bits per heavy atom. The van der Waals surface area contributed by atoms with Gasteiger partial charge in [-0.2, -0.15) is 0 Å². The number of hydrogen-bond donors (Lipinski definition) is 0. The van der Waals surface area contributed by atoms with Crippen molar-refractivity contribution in [3.8, 4) is 67.3 Å². The minimum absolute atomic E-state index is 0.132.